The van der Waals surface area contributed by atoms with Gasteiger partial charge in [-0.15, -0.1) is 0 Å². The fraction of sp³-hybridized carbons (Fsp3) is 0.133. The summed E-state index contributed by atoms with van der Waals surface area (Å²) < 4.78 is 13.1. The maximum Gasteiger partial charge on any atom is 0.243 e. The second-order valence-electron chi connectivity index (χ2n) is 4.23. The van der Waals surface area contributed by atoms with Gasteiger partial charge in [0.15, 0.2) is 0 Å². The standard InChI is InChI=1S/C15H15FN2O/c1-11-7-8-12(16)9-14(11)18-15(19)10-17-13-5-3-2-4-6-13/h2-9,17H,10H2,1H3,(H,18,19). The third kappa shape index (κ3) is 3.81. The second-order valence-corrected chi connectivity index (χ2v) is 4.23. The summed E-state index contributed by atoms with van der Waals surface area (Å²) in [6.45, 7) is 1.96. The maximum atomic E-state index is 13.1. The topological polar surface area (TPSA) is 41.1 Å². The van der Waals surface area contributed by atoms with E-state index in [0.29, 0.717) is 5.69 Å². The Bertz CT molecular complexity index is 570. The zero-order valence-corrected chi connectivity index (χ0v) is 10.6. The van der Waals surface area contributed by atoms with E-state index >= 15 is 0 Å². The molecule has 0 aliphatic rings. The Hall–Kier alpha value is -2.36. The number of anilines is 2. The van der Waals surface area contributed by atoms with Crippen LogP contribution >= 0.6 is 0 Å². The summed E-state index contributed by atoms with van der Waals surface area (Å²) in [6.07, 6.45) is 0. The Morgan fingerprint density at radius 2 is 1.89 bits per heavy atom. The number of nitrogens with one attached hydrogen (secondary N) is 2. The quantitative estimate of drug-likeness (QED) is 0.884. The Morgan fingerprint density at radius 3 is 2.63 bits per heavy atom. The van der Waals surface area contributed by atoms with Gasteiger partial charge in [0, 0.05) is 11.4 Å². The van der Waals surface area contributed by atoms with Crippen molar-refractivity contribution in [3.05, 3.63) is 59.9 Å². The second kappa shape index (κ2) is 6.00. The van der Waals surface area contributed by atoms with Gasteiger partial charge in [0.2, 0.25) is 5.91 Å². The van der Waals surface area contributed by atoms with Crippen molar-refractivity contribution in [2.75, 3.05) is 17.2 Å². The van der Waals surface area contributed by atoms with Crippen LogP contribution in [0.2, 0.25) is 0 Å². The van der Waals surface area contributed by atoms with Crippen LogP contribution in [-0.2, 0) is 4.79 Å². The highest BCUT2D eigenvalue weighted by Crippen LogP contribution is 2.15. The minimum Gasteiger partial charge on any atom is -0.376 e. The van der Waals surface area contributed by atoms with Crippen LogP contribution in [0.3, 0.4) is 0 Å². The van der Waals surface area contributed by atoms with Gasteiger partial charge in [-0.3, -0.25) is 4.79 Å². The first-order valence-corrected chi connectivity index (χ1v) is 6.00. The SMILES string of the molecule is Cc1ccc(F)cc1NC(=O)CNc1ccccc1. The molecule has 0 fully saturated rings. The van der Waals surface area contributed by atoms with Crippen molar-refractivity contribution >= 4 is 17.3 Å². The van der Waals surface area contributed by atoms with Gasteiger partial charge in [-0.05, 0) is 36.8 Å². The molecule has 98 valence electrons. The molecular weight excluding hydrogens is 243 g/mol. The molecule has 0 atom stereocenters. The van der Waals surface area contributed by atoms with E-state index in [2.05, 4.69) is 10.6 Å². The summed E-state index contributed by atoms with van der Waals surface area (Å²) in [6, 6.07) is 13.7. The lowest BCUT2D eigenvalue weighted by Gasteiger charge is -2.09. The highest BCUT2D eigenvalue weighted by Gasteiger charge is 2.05. The van der Waals surface area contributed by atoms with Gasteiger partial charge < -0.3 is 10.6 Å². The fourth-order valence-corrected chi connectivity index (χ4v) is 1.66. The maximum absolute atomic E-state index is 13.1. The van der Waals surface area contributed by atoms with Crippen molar-refractivity contribution in [3.63, 3.8) is 0 Å². The first-order valence-electron chi connectivity index (χ1n) is 6.00. The predicted octanol–water partition coefficient (Wildman–Crippen LogP) is 3.18. The van der Waals surface area contributed by atoms with Crippen molar-refractivity contribution < 1.29 is 9.18 Å². The van der Waals surface area contributed by atoms with Crippen LogP contribution in [0.5, 0.6) is 0 Å². The van der Waals surface area contributed by atoms with Crippen LogP contribution < -0.4 is 10.6 Å². The molecular formula is C15H15FN2O. The number of halogens is 1. The van der Waals surface area contributed by atoms with E-state index in [9.17, 15) is 9.18 Å². The summed E-state index contributed by atoms with van der Waals surface area (Å²) in [5.41, 5.74) is 2.20. The van der Waals surface area contributed by atoms with Crippen LogP contribution in [-0.4, -0.2) is 12.5 Å². The molecule has 0 aliphatic heterocycles. The van der Waals surface area contributed by atoms with Gasteiger partial charge in [-0.25, -0.2) is 4.39 Å². The minimum absolute atomic E-state index is 0.139. The molecule has 3 nitrogen and oxygen atoms in total. The number of rotatable bonds is 4. The van der Waals surface area contributed by atoms with Crippen molar-refractivity contribution in [3.8, 4) is 0 Å². The van der Waals surface area contributed by atoms with Gasteiger partial charge in [0.25, 0.3) is 0 Å². The molecule has 19 heavy (non-hydrogen) atoms. The van der Waals surface area contributed by atoms with Crippen LogP contribution in [0, 0.1) is 12.7 Å². The Balaban J connectivity index is 1.93. The number of hydrogen-bond donors (Lipinski definition) is 2. The summed E-state index contributed by atoms with van der Waals surface area (Å²) in [5.74, 6) is -0.575. The number of hydrogen-bond acceptors (Lipinski definition) is 2. The summed E-state index contributed by atoms with van der Waals surface area (Å²) >= 11 is 0. The summed E-state index contributed by atoms with van der Waals surface area (Å²) in [7, 11) is 0. The van der Waals surface area contributed by atoms with E-state index < -0.39 is 0 Å². The van der Waals surface area contributed by atoms with E-state index in [1.54, 1.807) is 6.07 Å². The number of carbonyl (C=O) groups is 1. The van der Waals surface area contributed by atoms with Crippen LogP contribution in [0.1, 0.15) is 5.56 Å². The van der Waals surface area contributed by atoms with E-state index in [1.807, 2.05) is 37.3 Å². The van der Waals surface area contributed by atoms with Crippen LogP contribution in [0.15, 0.2) is 48.5 Å². The van der Waals surface area contributed by atoms with Gasteiger partial charge >= 0.3 is 0 Å². The van der Waals surface area contributed by atoms with Gasteiger partial charge in [-0.1, -0.05) is 24.3 Å². The average Bonchev–Trinajstić information content (AvgIpc) is 2.42. The van der Waals surface area contributed by atoms with Crippen LogP contribution in [0.25, 0.3) is 0 Å². The number of aryl methyl sites for hydroxylation is 1. The molecule has 0 unspecified atom stereocenters. The fourth-order valence-electron chi connectivity index (χ4n) is 1.66. The Kier molecular flexibility index (Phi) is 4.13. The number of benzene rings is 2. The molecule has 0 bridgehead atoms. The van der Waals surface area contributed by atoms with E-state index in [-0.39, 0.29) is 18.3 Å². The van der Waals surface area contributed by atoms with Crippen LogP contribution in [0.4, 0.5) is 15.8 Å². The lowest BCUT2D eigenvalue weighted by atomic mass is 10.2. The van der Waals surface area contributed by atoms with E-state index in [1.165, 1.54) is 12.1 Å². The van der Waals surface area contributed by atoms with E-state index in [4.69, 9.17) is 0 Å². The van der Waals surface area contributed by atoms with Crippen molar-refractivity contribution in [2.45, 2.75) is 6.92 Å². The molecule has 1 amide bonds. The minimum atomic E-state index is -0.364. The van der Waals surface area contributed by atoms with E-state index in [0.717, 1.165) is 11.3 Å². The van der Waals surface area contributed by atoms with Crippen molar-refractivity contribution in [1.29, 1.82) is 0 Å². The molecule has 0 radical (unpaired) electrons. The monoisotopic (exact) mass is 258 g/mol. The number of para-hydroxylation sites is 1. The largest absolute Gasteiger partial charge is 0.376 e. The summed E-state index contributed by atoms with van der Waals surface area (Å²) in [4.78, 5) is 11.8. The normalized spacial score (nSPS) is 10.0. The molecule has 0 saturated carbocycles. The predicted molar refractivity (Wildman–Crippen MR) is 74.7 cm³/mol. The molecule has 2 rings (SSSR count). The molecule has 2 aromatic rings. The van der Waals surface area contributed by atoms with Gasteiger partial charge in [0.1, 0.15) is 5.82 Å². The summed E-state index contributed by atoms with van der Waals surface area (Å²) in [5, 5.41) is 5.67. The molecule has 2 aromatic carbocycles. The molecule has 0 spiro atoms. The third-order valence-electron chi connectivity index (χ3n) is 2.70. The highest BCUT2D eigenvalue weighted by atomic mass is 19.1. The third-order valence-corrected chi connectivity index (χ3v) is 2.70. The Morgan fingerprint density at radius 1 is 1.16 bits per heavy atom. The highest BCUT2D eigenvalue weighted by molar-refractivity contribution is 5.94. The molecule has 0 aromatic heterocycles. The van der Waals surface area contributed by atoms with Gasteiger partial charge in [0.05, 0.1) is 6.54 Å². The Labute approximate surface area is 111 Å². The molecule has 0 aliphatic carbocycles. The molecule has 2 N–H and O–H groups in total. The molecule has 4 heteroatoms. The average molecular weight is 258 g/mol. The smallest absolute Gasteiger partial charge is 0.243 e. The lowest BCUT2D eigenvalue weighted by molar-refractivity contribution is -0.114. The first kappa shape index (κ1) is 13.1. The van der Waals surface area contributed by atoms with Gasteiger partial charge in [-0.2, -0.15) is 0 Å². The zero-order valence-electron chi connectivity index (χ0n) is 10.6. The lowest BCUT2D eigenvalue weighted by Crippen LogP contribution is -2.22. The zero-order chi connectivity index (χ0) is 13.7. The molecule has 0 heterocycles. The van der Waals surface area contributed by atoms with Crippen molar-refractivity contribution in [2.24, 2.45) is 0 Å². The number of carbonyl (C=O) groups excluding carboxylic acids is 1. The number of amides is 1. The molecule has 0 saturated heterocycles. The van der Waals surface area contributed by atoms with Crippen molar-refractivity contribution in [1.82, 2.24) is 0 Å². The first-order chi connectivity index (χ1) is 9.15.